The Balaban J connectivity index is 2.50. The lowest BCUT2D eigenvalue weighted by Crippen LogP contribution is -2.08. The zero-order valence-corrected chi connectivity index (χ0v) is 13.4. The predicted octanol–water partition coefficient (Wildman–Crippen LogP) is 3.52. The van der Waals surface area contributed by atoms with Crippen molar-refractivity contribution in [2.45, 2.75) is 6.10 Å². The first-order valence-electron chi connectivity index (χ1n) is 4.81. The molecule has 17 heavy (non-hydrogen) atoms. The molecule has 90 valence electrons. The number of aryl methyl sites for hydroxylation is 1. The Labute approximate surface area is 126 Å². The first kappa shape index (κ1) is 13.3. The van der Waals surface area contributed by atoms with Crippen LogP contribution in [-0.2, 0) is 7.05 Å². The van der Waals surface area contributed by atoms with Gasteiger partial charge in [-0.2, -0.15) is 5.10 Å². The SMILES string of the molecule is Cn1ncc(Cl)c1C(O)c1cc(Br)ccc1I. The normalized spacial score (nSPS) is 12.8. The molecule has 1 heterocycles. The zero-order valence-electron chi connectivity index (χ0n) is 8.86. The molecule has 0 spiro atoms. The molecule has 0 fully saturated rings. The first-order valence-corrected chi connectivity index (χ1v) is 7.06. The molecule has 2 aromatic rings. The van der Waals surface area contributed by atoms with Crippen LogP contribution in [0.2, 0.25) is 5.02 Å². The van der Waals surface area contributed by atoms with Gasteiger partial charge in [0.15, 0.2) is 0 Å². The molecule has 0 radical (unpaired) electrons. The molecule has 3 nitrogen and oxygen atoms in total. The van der Waals surface area contributed by atoms with E-state index in [0.29, 0.717) is 10.7 Å². The monoisotopic (exact) mass is 426 g/mol. The van der Waals surface area contributed by atoms with Gasteiger partial charge < -0.3 is 5.11 Å². The number of rotatable bonds is 2. The fraction of sp³-hybridized carbons (Fsp3) is 0.182. The smallest absolute Gasteiger partial charge is 0.123 e. The van der Waals surface area contributed by atoms with E-state index in [1.165, 1.54) is 6.20 Å². The molecule has 1 N–H and O–H groups in total. The van der Waals surface area contributed by atoms with Gasteiger partial charge in [-0.15, -0.1) is 0 Å². The van der Waals surface area contributed by atoms with Crippen LogP contribution >= 0.6 is 50.1 Å². The number of halogens is 3. The lowest BCUT2D eigenvalue weighted by Gasteiger charge is -2.14. The molecule has 1 unspecified atom stereocenters. The number of nitrogens with zero attached hydrogens (tertiary/aromatic N) is 2. The summed E-state index contributed by atoms with van der Waals surface area (Å²) in [4.78, 5) is 0. The fourth-order valence-corrected chi connectivity index (χ4v) is 2.88. The van der Waals surface area contributed by atoms with Gasteiger partial charge in [-0.1, -0.05) is 27.5 Å². The molecule has 0 saturated carbocycles. The Morgan fingerprint density at radius 2 is 2.24 bits per heavy atom. The topological polar surface area (TPSA) is 38.0 Å². The molecule has 1 aromatic heterocycles. The summed E-state index contributed by atoms with van der Waals surface area (Å²) in [6.07, 6.45) is 0.754. The van der Waals surface area contributed by atoms with E-state index in [2.05, 4.69) is 43.6 Å². The number of benzene rings is 1. The Morgan fingerprint density at radius 3 is 2.82 bits per heavy atom. The van der Waals surface area contributed by atoms with Crippen LogP contribution in [0.5, 0.6) is 0 Å². The minimum absolute atomic E-state index is 0.468. The van der Waals surface area contributed by atoms with E-state index < -0.39 is 6.10 Å². The first-order chi connectivity index (χ1) is 8.00. The second-order valence-corrected chi connectivity index (χ2v) is 6.05. The number of hydrogen-bond donors (Lipinski definition) is 1. The molecule has 0 aliphatic rings. The molecule has 1 aromatic carbocycles. The lowest BCUT2D eigenvalue weighted by atomic mass is 10.1. The quantitative estimate of drug-likeness (QED) is 0.745. The Kier molecular flexibility index (Phi) is 4.12. The van der Waals surface area contributed by atoms with E-state index in [9.17, 15) is 5.11 Å². The summed E-state index contributed by atoms with van der Waals surface area (Å²) in [5.41, 5.74) is 1.41. The Morgan fingerprint density at radius 1 is 1.53 bits per heavy atom. The zero-order chi connectivity index (χ0) is 12.6. The third kappa shape index (κ3) is 2.67. The largest absolute Gasteiger partial charge is 0.382 e. The molecule has 0 aliphatic carbocycles. The van der Waals surface area contributed by atoms with Gasteiger partial charge in [0.25, 0.3) is 0 Å². The Bertz CT molecular complexity index is 539. The van der Waals surface area contributed by atoms with E-state index in [-0.39, 0.29) is 0 Å². The van der Waals surface area contributed by atoms with Crippen LogP contribution in [0.3, 0.4) is 0 Å². The minimum Gasteiger partial charge on any atom is -0.382 e. The van der Waals surface area contributed by atoms with Crippen LogP contribution in [0.15, 0.2) is 28.9 Å². The summed E-state index contributed by atoms with van der Waals surface area (Å²) < 4.78 is 3.49. The van der Waals surface area contributed by atoms with Gasteiger partial charge in [-0.3, -0.25) is 4.68 Å². The molecule has 2 rings (SSSR count). The van der Waals surface area contributed by atoms with Gasteiger partial charge >= 0.3 is 0 Å². The van der Waals surface area contributed by atoms with Crippen molar-refractivity contribution in [3.8, 4) is 0 Å². The number of aliphatic hydroxyl groups excluding tert-OH is 1. The van der Waals surface area contributed by atoms with E-state index in [0.717, 1.165) is 13.6 Å². The van der Waals surface area contributed by atoms with Crippen LogP contribution in [0, 0.1) is 3.57 Å². The summed E-state index contributed by atoms with van der Waals surface area (Å²) in [6, 6.07) is 5.76. The van der Waals surface area contributed by atoms with Crippen LogP contribution in [0.25, 0.3) is 0 Å². The molecule has 0 bridgehead atoms. The van der Waals surface area contributed by atoms with Crippen molar-refractivity contribution in [1.82, 2.24) is 9.78 Å². The van der Waals surface area contributed by atoms with Crippen molar-refractivity contribution in [2.24, 2.45) is 7.05 Å². The van der Waals surface area contributed by atoms with E-state index in [4.69, 9.17) is 11.6 Å². The molecule has 6 heteroatoms. The van der Waals surface area contributed by atoms with E-state index in [1.807, 2.05) is 18.2 Å². The standard InChI is InChI=1S/C11H9BrClIN2O/c1-16-10(8(13)5-15-16)11(17)7-4-6(12)2-3-9(7)14/h2-5,11,17H,1H3. The van der Waals surface area contributed by atoms with Gasteiger partial charge in [-0.05, 0) is 40.8 Å². The third-order valence-electron chi connectivity index (χ3n) is 2.45. The molecule has 0 amide bonds. The predicted molar refractivity (Wildman–Crippen MR) is 79.1 cm³/mol. The average molecular weight is 427 g/mol. The maximum absolute atomic E-state index is 10.4. The summed E-state index contributed by atoms with van der Waals surface area (Å²) in [7, 11) is 1.76. The van der Waals surface area contributed by atoms with Crippen molar-refractivity contribution in [3.05, 3.63) is 48.7 Å². The van der Waals surface area contributed by atoms with Gasteiger partial charge in [0, 0.05) is 20.7 Å². The second-order valence-electron chi connectivity index (χ2n) is 3.57. The maximum Gasteiger partial charge on any atom is 0.123 e. The molecular weight excluding hydrogens is 418 g/mol. The van der Waals surface area contributed by atoms with E-state index >= 15 is 0 Å². The summed E-state index contributed by atoms with van der Waals surface area (Å²) in [6.45, 7) is 0. The highest BCUT2D eigenvalue weighted by Crippen LogP contribution is 2.31. The van der Waals surface area contributed by atoms with Crippen LogP contribution < -0.4 is 0 Å². The van der Waals surface area contributed by atoms with Crippen molar-refractivity contribution in [1.29, 1.82) is 0 Å². The molecular formula is C11H9BrClIN2O. The molecule has 0 aliphatic heterocycles. The number of aliphatic hydroxyl groups is 1. The minimum atomic E-state index is -0.778. The third-order valence-corrected chi connectivity index (χ3v) is 4.22. The highest BCUT2D eigenvalue weighted by Gasteiger charge is 2.20. The highest BCUT2D eigenvalue weighted by atomic mass is 127. The van der Waals surface area contributed by atoms with E-state index in [1.54, 1.807) is 11.7 Å². The lowest BCUT2D eigenvalue weighted by molar-refractivity contribution is 0.209. The van der Waals surface area contributed by atoms with Gasteiger partial charge in [-0.25, -0.2) is 0 Å². The van der Waals surface area contributed by atoms with Crippen LogP contribution in [-0.4, -0.2) is 14.9 Å². The van der Waals surface area contributed by atoms with Crippen molar-refractivity contribution < 1.29 is 5.11 Å². The van der Waals surface area contributed by atoms with Gasteiger partial charge in [0.2, 0.25) is 0 Å². The number of hydrogen-bond acceptors (Lipinski definition) is 2. The molecule has 1 atom stereocenters. The molecule has 0 saturated heterocycles. The van der Waals surface area contributed by atoms with Crippen LogP contribution in [0.4, 0.5) is 0 Å². The highest BCUT2D eigenvalue weighted by molar-refractivity contribution is 14.1. The maximum atomic E-state index is 10.4. The van der Waals surface area contributed by atoms with Gasteiger partial charge in [0.1, 0.15) is 6.10 Å². The van der Waals surface area contributed by atoms with Crippen molar-refractivity contribution >= 4 is 50.1 Å². The van der Waals surface area contributed by atoms with Crippen LogP contribution in [0.1, 0.15) is 17.4 Å². The summed E-state index contributed by atoms with van der Waals surface area (Å²) in [5.74, 6) is 0. The van der Waals surface area contributed by atoms with Crippen molar-refractivity contribution in [2.75, 3.05) is 0 Å². The second kappa shape index (κ2) is 5.26. The summed E-state index contributed by atoms with van der Waals surface area (Å²) >= 11 is 11.6. The fourth-order valence-electron chi connectivity index (χ4n) is 1.60. The summed E-state index contributed by atoms with van der Waals surface area (Å²) in [5, 5.41) is 14.9. The Hall–Kier alpha value is -0.110. The van der Waals surface area contributed by atoms with Crippen molar-refractivity contribution in [3.63, 3.8) is 0 Å². The van der Waals surface area contributed by atoms with Gasteiger partial charge in [0.05, 0.1) is 16.9 Å². The average Bonchev–Trinajstić information content (AvgIpc) is 2.61. The number of aromatic nitrogens is 2.